The van der Waals surface area contributed by atoms with E-state index in [1.54, 1.807) is 26.2 Å². The SMILES string of the molecule is CN(CC=O)C(=O)N(C)c1ccc(Cl)nc1. The maximum absolute atomic E-state index is 11.8. The maximum atomic E-state index is 11.8. The highest BCUT2D eigenvalue weighted by atomic mass is 35.5. The third-order valence-corrected chi connectivity index (χ3v) is 2.28. The number of urea groups is 1. The van der Waals surface area contributed by atoms with Crippen LogP contribution in [0.5, 0.6) is 0 Å². The van der Waals surface area contributed by atoms with Crippen LogP contribution in [-0.2, 0) is 4.79 Å². The molecule has 0 bridgehead atoms. The molecule has 0 spiro atoms. The molecule has 16 heavy (non-hydrogen) atoms. The van der Waals surface area contributed by atoms with Crippen LogP contribution in [-0.4, -0.2) is 42.8 Å². The Labute approximate surface area is 98.6 Å². The standard InChI is InChI=1S/C10H12ClN3O2/c1-13(5-6-15)10(16)14(2)8-3-4-9(11)12-7-8/h3-4,6-7H,5H2,1-2H3. The normalized spacial score (nSPS) is 9.69. The molecule has 0 aliphatic rings. The van der Waals surface area contributed by atoms with Crippen molar-refractivity contribution in [2.75, 3.05) is 25.5 Å². The number of carbonyl (C=O) groups is 2. The topological polar surface area (TPSA) is 53.5 Å². The Kier molecular flexibility index (Phi) is 4.25. The highest BCUT2D eigenvalue weighted by Gasteiger charge is 2.15. The number of anilines is 1. The van der Waals surface area contributed by atoms with Crippen LogP contribution in [0.25, 0.3) is 0 Å². The molecule has 1 rings (SSSR count). The molecule has 0 N–H and O–H groups in total. The zero-order valence-electron chi connectivity index (χ0n) is 9.05. The van der Waals surface area contributed by atoms with Crippen LogP contribution in [0.3, 0.4) is 0 Å². The molecule has 0 saturated carbocycles. The quantitative estimate of drug-likeness (QED) is 0.594. The number of amides is 2. The van der Waals surface area contributed by atoms with Gasteiger partial charge in [-0.3, -0.25) is 4.90 Å². The van der Waals surface area contributed by atoms with Gasteiger partial charge in [0, 0.05) is 14.1 Å². The molecule has 0 radical (unpaired) electrons. The van der Waals surface area contributed by atoms with Gasteiger partial charge in [0.2, 0.25) is 0 Å². The molecule has 0 unspecified atom stereocenters. The predicted molar refractivity (Wildman–Crippen MR) is 61.7 cm³/mol. The molecule has 86 valence electrons. The molecule has 0 aromatic carbocycles. The van der Waals surface area contributed by atoms with Crippen LogP contribution in [0, 0.1) is 0 Å². The summed E-state index contributed by atoms with van der Waals surface area (Å²) in [7, 11) is 3.16. The average Bonchev–Trinajstić information content (AvgIpc) is 2.28. The summed E-state index contributed by atoms with van der Waals surface area (Å²) in [5.74, 6) is 0. The second-order valence-corrected chi connectivity index (χ2v) is 3.62. The van der Waals surface area contributed by atoms with Gasteiger partial charge in [-0.15, -0.1) is 0 Å². The molecule has 0 atom stereocenters. The molecule has 0 saturated heterocycles. The minimum absolute atomic E-state index is 0.0597. The van der Waals surface area contributed by atoms with Gasteiger partial charge in [-0.2, -0.15) is 0 Å². The lowest BCUT2D eigenvalue weighted by atomic mass is 10.4. The first-order chi connectivity index (χ1) is 7.56. The lowest BCUT2D eigenvalue weighted by Crippen LogP contribution is -2.39. The molecule has 1 heterocycles. The Balaban J connectivity index is 2.77. The first-order valence-corrected chi connectivity index (χ1v) is 4.98. The number of nitrogens with zero attached hydrogens (tertiary/aromatic N) is 3. The van der Waals surface area contributed by atoms with Gasteiger partial charge < -0.3 is 9.69 Å². The average molecular weight is 242 g/mol. The van der Waals surface area contributed by atoms with Gasteiger partial charge >= 0.3 is 6.03 Å². The van der Waals surface area contributed by atoms with E-state index in [0.717, 1.165) is 0 Å². The number of likely N-dealkylation sites (N-methyl/N-ethyl adjacent to an activating group) is 1. The maximum Gasteiger partial charge on any atom is 0.324 e. The summed E-state index contributed by atoms with van der Waals surface area (Å²) in [5, 5.41) is 0.367. The van der Waals surface area contributed by atoms with Gasteiger partial charge in [-0.1, -0.05) is 11.6 Å². The highest BCUT2D eigenvalue weighted by molar-refractivity contribution is 6.29. The highest BCUT2D eigenvalue weighted by Crippen LogP contribution is 2.14. The summed E-state index contributed by atoms with van der Waals surface area (Å²) < 4.78 is 0. The Hall–Kier alpha value is -1.62. The van der Waals surface area contributed by atoms with Gasteiger partial charge in [-0.25, -0.2) is 9.78 Å². The molecule has 1 aromatic rings. The van der Waals surface area contributed by atoms with E-state index in [0.29, 0.717) is 17.1 Å². The predicted octanol–water partition coefficient (Wildman–Crippen LogP) is 1.42. The van der Waals surface area contributed by atoms with Crippen LogP contribution in [0.4, 0.5) is 10.5 Å². The van der Waals surface area contributed by atoms with E-state index in [2.05, 4.69) is 4.98 Å². The van der Waals surface area contributed by atoms with E-state index in [1.807, 2.05) is 0 Å². The summed E-state index contributed by atoms with van der Waals surface area (Å²) in [6.07, 6.45) is 2.17. The molecule has 5 nitrogen and oxygen atoms in total. The van der Waals surface area contributed by atoms with Crippen molar-refractivity contribution >= 4 is 29.6 Å². The van der Waals surface area contributed by atoms with E-state index >= 15 is 0 Å². The second-order valence-electron chi connectivity index (χ2n) is 3.23. The van der Waals surface area contributed by atoms with Crippen LogP contribution >= 0.6 is 11.6 Å². The Morgan fingerprint density at radius 3 is 2.69 bits per heavy atom. The third kappa shape index (κ3) is 2.93. The van der Waals surface area contributed by atoms with E-state index in [-0.39, 0.29) is 12.6 Å². The lowest BCUT2D eigenvalue weighted by molar-refractivity contribution is -0.108. The minimum Gasteiger partial charge on any atom is -0.320 e. The third-order valence-electron chi connectivity index (χ3n) is 2.06. The van der Waals surface area contributed by atoms with Crippen molar-refractivity contribution in [3.63, 3.8) is 0 Å². The van der Waals surface area contributed by atoms with Crippen LogP contribution in [0.1, 0.15) is 0 Å². The monoisotopic (exact) mass is 241 g/mol. The van der Waals surface area contributed by atoms with E-state index in [9.17, 15) is 9.59 Å². The molecular formula is C10H12ClN3O2. The van der Waals surface area contributed by atoms with Crippen molar-refractivity contribution in [3.05, 3.63) is 23.5 Å². The van der Waals surface area contributed by atoms with Gasteiger partial charge in [0.1, 0.15) is 11.4 Å². The largest absolute Gasteiger partial charge is 0.324 e. The van der Waals surface area contributed by atoms with Crippen LogP contribution in [0.15, 0.2) is 18.3 Å². The van der Waals surface area contributed by atoms with Crippen LogP contribution in [0.2, 0.25) is 5.15 Å². The van der Waals surface area contributed by atoms with Crippen molar-refractivity contribution in [1.82, 2.24) is 9.88 Å². The number of hydrogen-bond acceptors (Lipinski definition) is 3. The van der Waals surface area contributed by atoms with Crippen molar-refractivity contribution < 1.29 is 9.59 Å². The molecule has 6 heteroatoms. The molecule has 0 aliphatic heterocycles. The van der Waals surface area contributed by atoms with Gasteiger partial charge in [-0.05, 0) is 12.1 Å². The van der Waals surface area contributed by atoms with E-state index in [4.69, 9.17) is 11.6 Å². The fourth-order valence-corrected chi connectivity index (χ4v) is 1.23. The summed E-state index contributed by atoms with van der Waals surface area (Å²) in [5.41, 5.74) is 0.618. The van der Waals surface area contributed by atoms with Crippen molar-refractivity contribution in [3.8, 4) is 0 Å². The first-order valence-electron chi connectivity index (χ1n) is 4.60. The summed E-state index contributed by atoms with van der Waals surface area (Å²) in [4.78, 5) is 28.6. The molecule has 0 aliphatic carbocycles. The Morgan fingerprint density at radius 2 is 2.19 bits per heavy atom. The number of hydrogen-bond donors (Lipinski definition) is 0. The second kappa shape index (κ2) is 5.46. The number of aromatic nitrogens is 1. The van der Waals surface area contributed by atoms with E-state index < -0.39 is 0 Å². The number of halogens is 1. The van der Waals surface area contributed by atoms with Crippen molar-refractivity contribution in [2.24, 2.45) is 0 Å². The van der Waals surface area contributed by atoms with Crippen molar-refractivity contribution in [2.45, 2.75) is 0 Å². The first kappa shape index (κ1) is 12.4. The lowest BCUT2D eigenvalue weighted by Gasteiger charge is -2.23. The summed E-state index contributed by atoms with van der Waals surface area (Å²) in [6.45, 7) is 0.0597. The van der Waals surface area contributed by atoms with Gasteiger partial charge in [0.05, 0.1) is 18.4 Å². The minimum atomic E-state index is -0.281. The smallest absolute Gasteiger partial charge is 0.320 e. The molecule has 2 amide bonds. The Bertz CT molecular complexity index is 380. The molecule has 1 aromatic heterocycles. The van der Waals surface area contributed by atoms with Gasteiger partial charge in [0.25, 0.3) is 0 Å². The number of aldehydes is 1. The Morgan fingerprint density at radius 1 is 1.50 bits per heavy atom. The molecular weight excluding hydrogens is 230 g/mol. The van der Waals surface area contributed by atoms with E-state index in [1.165, 1.54) is 16.0 Å². The zero-order chi connectivity index (χ0) is 12.1. The number of rotatable bonds is 3. The summed E-state index contributed by atoms with van der Waals surface area (Å²) >= 11 is 5.64. The van der Waals surface area contributed by atoms with Gasteiger partial charge in [0.15, 0.2) is 0 Å². The van der Waals surface area contributed by atoms with Crippen LogP contribution < -0.4 is 4.90 Å². The molecule has 0 fully saturated rings. The fourth-order valence-electron chi connectivity index (χ4n) is 1.12. The number of carbonyl (C=O) groups excluding carboxylic acids is 2. The summed E-state index contributed by atoms with van der Waals surface area (Å²) in [6, 6.07) is 3.00. The number of pyridine rings is 1. The fraction of sp³-hybridized carbons (Fsp3) is 0.300. The zero-order valence-corrected chi connectivity index (χ0v) is 9.81. The van der Waals surface area contributed by atoms with Crippen molar-refractivity contribution in [1.29, 1.82) is 0 Å².